The summed E-state index contributed by atoms with van der Waals surface area (Å²) in [6.45, 7) is 4.18. The Bertz CT molecular complexity index is 460. The van der Waals surface area contributed by atoms with Gasteiger partial charge in [-0.2, -0.15) is 0 Å². The van der Waals surface area contributed by atoms with Crippen molar-refractivity contribution >= 4 is 11.4 Å². The van der Waals surface area contributed by atoms with E-state index in [1.165, 1.54) is 6.07 Å². The summed E-state index contributed by atoms with van der Waals surface area (Å²) in [6.07, 6.45) is 0.992. The molecule has 7 nitrogen and oxygen atoms in total. The summed E-state index contributed by atoms with van der Waals surface area (Å²) >= 11 is 0. The lowest BCUT2D eigenvalue weighted by atomic mass is 10.1. The first-order valence-corrected chi connectivity index (χ1v) is 6.57. The van der Waals surface area contributed by atoms with Crippen LogP contribution >= 0.6 is 0 Å². The summed E-state index contributed by atoms with van der Waals surface area (Å²) in [5, 5.41) is 10.9. The fourth-order valence-electron chi connectivity index (χ4n) is 1.96. The second kappa shape index (κ2) is 7.06. The van der Waals surface area contributed by atoms with Crippen molar-refractivity contribution in [3.63, 3.8) is 0 Å². The second-order valence-corrected chi connectivity index (χ2v) is 4.52. The SMILES string of the molecule is CCOc1cc(NOCC2CCOC2)ccc1[N+](=O)[O-]. The lowest BCUT2D eigenvalue weighted by Gasteiger charge is -2.11. The molecule has 1 N–H and O–H groups in total. The highest BCUT2D eigenvalue weighted by Gasteiger charge is 2.17. The number of rotatable bonds is 7. The monoisotopic (exact) mass is 282 g/mol. The Morgan fingerprint density at radius 1 is 1.55 bits per heavy atom. The molecule has 1 unspecified atom stereocenters. The van der Waals surface area contributed by atoms with Gasteiger partial charge < -0.3 is 9.47 Å². The van der Waals surface area contributed by atoms with Crippen molar-refractivity contribution in [2.45, 2.75) is 13.3 Å². The summed E-state index contributed by atoms with van der Waals surface area (Å²) in [5.74, 6) is 0.627. The van der Waals surface area contributed by atoms with Gasteiger partial charge in [0.15, 0.2) is 5.75 Å². The number of benzene rings is 1. The maximum absolute atomic E-state index is 10.9. The standard InChI is InChI=1S/C13H18N2O5/c1-2-19-13-7-11(3-4-12(13)15(16)17)14-20-9-10-5-6-18-8-10/h3-4,7,10,14H,2,5-6,8-9H2,1H3. The summed E-state index contributed by atoms with van der Waals surface area (Å²) < 4.78 is 10.5. The van der Waals surface area contributed by atoms with E-state index in [-0.39, 0.29) is 11.4 Å². The molecule has 1 aliphatic heterocycles. The largest absolute Gasteiger partial charge is 0.487 e. The Hall–Kier alpha value is -1.86. The van der Waals surface area contributed by atoms with E-state index < -0.39 is 4.92 Å². The van der Waals surface area contributed by atoms with Crippen molar-refractivity contribution < 1.29 is 19.2 Å². The molecule has 0 radical (unpaired) electrons. The molecule has 0 bridgehead atoms. The van der Waals surface area contributed by atoms with E-state index in [2.05, 4.69) is 5.48 Å². The first kappa shape index (κ1) is 14.5. The van der Waals surface area contributed by atoms with Gasteiger partial charge in [-0.3, -0.25) is 20.4 Å². The molecule has 0 amide bonds. The lowest BCUT2D eigenvalue weighted by Crippen LogP contribution is -2.13. The molecule has 20 heavy (non-hydrogen) atoms. The third-order valence-corrected chi connectivity index (χ3v) is 2.99. The van der Waals surface area contributed by atoms with E-state index in [4.69, 9.17) is 14.3 Å². The van der Waals surface area contributed by atoms with Crippen molar-refractivity contribution in [2.75, 3.05) is 31.9 Å². The zero-order valence-electron chi connectivity index (χ0n) is 11.3. The Balaban J connectivity index is 1.93. The van der Waals surface area contributed by atoms with Gasteiger partial charge in [-0.15, -0.1) is 0 Å². The first-order valence-electron chi connectivity index (χ1n) is 6.57. The molecule has 1 aromatic rings. The second-order valence-electron chi connectivity index (χ2n) is 4.52. The highest BCUT2D eigenvalue weighted by Crippen LogP contribution is 2.30. The molecule has 1 saturated heterocycles. The predicted octanol–water partition coefficient (Wildman–Crippen LogP) is 2.37. The minimum absolute atomic E-state index is 0.0541. The Labute approximate surface area is 116 Å². The van der Waals surface area contributed by atoms with E-state index in [1.54, 1.807) is 19.1 Å². The summed E-state index contributed by atoms with van der Waals surface area (Å²) in [6, 6.07) is 4.55. The number of ether oxygens (including phenoxy) is 2. The average molecular weight is 282 g/mol. The fraction of sp³-hybridized carbons (Fsp3) is 0.538. The normalized spacial score (nSPS) is 17.9. The highest BCUT2D eigenvalue weighted by molar-refractivity contribution is 5.57. The van der Waals surface area contributed by atoms with Crippen molar-refractivity contribution in [3.05, 3.63) is 28.3 Å². The third kappa shape index (κ3) is 3.82. The van der Waals surface area contributed by atoms with E-state index >= 15 is 0 Å². The van der Waals surface area contributed by atoms with Crippen LogP contribution in [0.2, 0.25) is 0 Å². The summed E-state index contributed by atoms with van der Waals surface area (Å²) in [4.78, 5) is 15.8. The minimum atomic E-state index is -0.467. The van der Waals surface area contributed by atoms with Gasteiger partial charge in [-0.25, -0.2) is 0 Å². The van der Waals surface area contributed by atoms with Crippen molar-refractivity contribution in [1.29, 1.82) is 0 Å². The number of nitrogens with zero attached hydrogens (tertiary/aromatic N) is 1. The topological polar surface area (TPSA) is 82.9 Å². The zero-order valence-corrected chi connectivity index (χ0v) is 11.3. The van der Waals surface area contributed by atoms with Gasteiger partial charge in [0.1, 0.15) is 0 Å². The molecule has 1 aliphatic rings. The molecular formula is C13H18N2O5. The van der Waals surface area contributed by atoms with Gasteiger partial charge in [-0.1, -0.05) is 0 Å². The van der Waals surface area contributed by atoms with E-state index in [0.717, 1.165) is 13.0 Å². The first-order chi connectivity index (χ1) is 9.70. The van der Waals surface area contributed by atoms with Crippen molar-refractivity contribution in [1.82, 2.24) is 0 Å². The van der Waals surface area contributed by atoms with Crippen LogP contribution in [0.4, 0.5) is 11.4 Å². The summed E-state index contributed by atoms with van der Waals surface area (Å²) in [7, 11) is 0. The maximum Gasteiger partial charge on any atom is 0.311 e. The van der Waals surface area contributed by atoms with Crippen LogP contribution in [-0.4, -0.2) is 31.4 Å². The number of nitrogens with one attached hydrogen (secondary N) is 1. The van der Waals surface area contributed by atoms with Gasteiger partial charge in [0, 0.05) is 24.7 Å². The molecule has 0 aliphatic carbocycles. The molecule has 0 aromatic heterocycles. The minimum Gasteiger partial charge on any atom is -0.487 e. The average Bonchev–Trinajstić information content (AvgIpc) is 2.92. The number of nitro groups is 1. The lowest BCUT2D eigenvalue weighted by molar-refractivity contribution is -0.385. The van der Waals surface area contributed by atoms with Gasteiger partial charge >= 0.3 is 5.69 Å². The van der Waals surface area contributed by atoms with Crippen LogP contribution in [0.5, 0.6) is 5.75 Å². The van der Waals surface area contributed by atoms with Crippen LogP contribution in [-0.2, 0) is 9.57 Å². The van der Waals surface area contributed by atoms with Crippen molar-refractivity contribution in [3.8, 4) is 5.75 Å². The molecule has 0 spiro atoms. The molecule has 1 atom stereocenters. The Kier molecular flexibility index (Phi) is 5.14. The summed E-state index contributed by atoms with van der Waals surface area (Å²) in [5.41, 5.74) is 3.35. The molecule has 0 saturated carbocycles. The molecule has 1 fully saturated rings. The third-order valence-electron chi connectivity index (χ3n) is 2.99. The number of nitro benzene ring substituents is 1. The van der Waals surface area contributed by atoms with E-state index in [9.17, 15) is 10.1 Å². The van der Waals surface area contributed by atoms with E-state index in [0.29, 0.717) is 31.4 Å². The smallest absolute Gasteiger partial charge is 0.311 e. The quantitative estimate of drug-likeness (QED) is 0.610. The van der Waals surface area contributed by atoms with Crippen LogP contribution < -0.4 is 10.2 Å². The van der Waals surface area contributed by atoms with Crippen LogP contribution in [0.1, 0.15) is 13.3 Å². The highest BCUT2D eigenvalue weighted by atomic mass is 16.6. The molecular weight excluding hydrogens is 264 g/mol. The molecule has 2 rings (SSSR count). The van der Waals surface area contributed by atoms with Crippen LogP contribution in [0.25, 0.3) is 0 Å². The molecule has 7 heteroatoms. The molecule has 1 aromatic carbocycles. The number of anilines is 1. The van der Waals surface area contributed by atoms with Gasteiger partial charge in [0.05, 0.1) is 30.4 Å². The molecule has 110 valence electrons. The number of hydrogen-bond donors (Lipinski definition) is 1. The van der Waals surface area contributed by atoms with Crippen LogP contribution in [0.15, 0.2) is 18.2 Å². The Morgan fingerprint density at radius 2 is 2.40 bits per heavy atom. The van der Waals surface area contributed by atoms with Crippen molar-refractivity contribution in [2.24, 2.45) is 5.92 Å². The number of hydrogen-bond acceptors (Lipinski definition) is 6. The Morgan fingerprint density at radius 3 is 3.05 bits per heavy atom. The molecule has 1 heterocycles. The van der Waals surface area contributed by atoms with Crippen LogP contribution in [0, 0.1) is 16.0 Å². The van der Waals surface area contributed by atoms with Crippen LogP contribution in [0.3, 0.4) is 0 Å². The maximum atomic E-state index is 10.9. The van der Waals surface area contributed by atoms with Gasteiger partial charge in [0.2, 0.25) is 0 Å². The van der Waals surface area contributed by atoms with Gasteiger partial charge in [0.25, 0.3) is 0 Å². The zero-order chi connectivity index (χ0) is 14.4. The predicted molar refractivity (Wildman–Crippen MR) is 72.8 cm³/mol. The van der Waals surface area contributed by atoms with Gasteiger partial charge in [-0.05, 0) is 19.4 Å². The fourth-order valence-corrected chi connectivity index (χ4v) is 1.96. The van der Waals surface area contributed by atoms with E-state index in [1.807, 2.05) is 0 Å².